The predicted molar refractivity (Wildman–Crippen MR) is 146 cm³/mol. The van der Waals surface area contributed by atoms with Gasteiger partial charge in [0, 0.05) is 41.7 Å². The minimum atomic E-state index is -0.736. The number of benzene rings is 2. The third-order valence-corrected chi connectivity index (χ3v) is 7.47. The lowest BCUT2D eigenvalue weighted by atomic mass is 9.89. The maximum absolute atomic E-state index is 13.9. The maximum Gasteiger partial charge on any atom is 0.255 e. The average Bonchev–Trinajstić information content (AvgIpc) is 3.41. The number of hydrogen-bond acceptors (Lipinski definition) is 4. The lowest BCUT2D eigenvalue weighted by Gasteiger charge is -2.38. The van der Waals surface area contributed by atoms with Crippen LogP contribution in [0.1, 0.15) is 67.3 Å². The number of nitrogens with one attached hydrogen (secondary N) is 3. The van der Waals surface area contributed by atoms with E-state index in [9.17, 15) is 14.4 Å². The number of carbonyl (C=O) groups is 3. The van der Waals surface area contributed by atoms with Crippen LogP contribution in [-0.2, 0) is 20.7 Å². The highest BCUT2D eigenvalue weighted by Crippen LogP contribution is 2.46. The molecule has 1 aromatic heterocycles. The molecule has 0 saturated carbocycles. The van der Waals surface area contributed by atoms with Crippen LogP contribution in [0.25, 0.3) is 10.9 Å². The van der Waals surface area contributed by atoms with Gasteiger partial charge in [0.2, 0.25) is 11.8 Å². The van der Waals surface area contributed by atoms with Gasteiger partial charge in [-0.1, -0.05) is 50.2 Å². The summed E-state index contributed by atoms with van der Waals surface area (Å²) in [7, 11) is 0. The van der Waals surface area contributed by atoms with Crippen LogP contribution in [0.15, 0.2) is 48.5 Å². The Bertz CT molecular complexity index is 1360. The van der Waals surface area contributed by atoms with Crippen LogP contribution in [0.2, 0.25) is 0 Å². The molecule has 0 aliphatic carbocycles. The average molecular weight is 517 g/mol. The van der Waals surface area contributed by atoms with Gasteiger partial charge in [-0.2, -0.15) is 0 Å². The van der Waals surface area contributed by atoms with Crippen LogP contribution in [-0.4, -0.2) is 58.9 Å². The summed E-state index contributed by atoms with van der Waals surface area (Å²) in [4.78, 5) is 45.7. The largest absolute Gasteiger partial charge is 0.379 e. The van der Waals surface area contributed by atoms with E-state index in [1.165, 1.54) is 0 Å². The van der Waals surface area contributed by atoms with Crippen LogP contribution in [0, 0.1) is 5.92 Å². The standard InChI is InChI=1S/C30H36N4O4/c1-17(2)25(29(36)31-14-9-15-38-18(3)4)33-28(35)24-16-22-19-10-7-8-13-23(19)32-26(22)27-20-11-5-6-12-21(20)30(37)34(24)27/h5-8,10-13,17-18,24-25,27,32H,9,14-16H2,1-4H3,(H,31,36)(H,33,35). The molecule has 0 spiro atoms. The highest BCUT2D eigenvalue weighted by molar-refractivity contribution is 6.04. The summed E-state index contributed by atoms with van der Waals surface area (Å²) in [5.41, 5.74) is 4.49. The second-order valence-electron chi connectivity index (χ2n) is 10.8. The predicted octanol–water partition coefficient (Wildman–Crippen LogP) is 3.71. The van der Waals surface area contributed by atoms with Gasteiger partial charge >= 0.3 is 0 Å². The number of para-hydroxylation sites is 1. The minimum Gasteiger partial charge on any atom is -0.379 e. The summed E-state index contributed by atoms with van der Waals surface area (Å²) in [5.74, 6) is -0.829. The highest BCUT2D eigenvalue weighted by atomic mass is 16.5. The van der Waals surface area contributed by atoms with E-state index in [1.807, 2.05) is 76.2 Å². The molecule has 2 aliphatic heterocycles. The van der Waals surface area contributed by atoms with Crippen molar-refractivity contribution in [2.75, 3.05) is 13.2 Å². The van der Waals surface area contributed by atoms with Crippen LogP contribution >= 0.6 is 0 Å². The van der Waals surface area contributed by atoms with Gasteiger partial charge in [-0.25, -0.2) is 0 Å². The topological polar surface area (TPSA) is 104 Å². The molecule has 8 nitrogen and oxygen atoms in total. The Kier molecular flexibility index (Phi) is 7.25. The summed E-state index contributed by atoms with van der Waals surface area (Å²) >= 11 is 0. The molecule has 0 fully saturated rings. The summed E-state index contributed by atoms with van der Waals surface area (Å²) in [6.07, 6.45) is 1.21. The highest BCUT2D eigenvalue weighted by Gasteiger charge is 2.49. The second kappa shape index (κ2) is 10.6. The molecular formula is C30H36N4O4. The molecule has 0 radical (unpaired) electrons. The van der Waals surface area contributed by atoms with E-state index < -0.39 is 12.1 Å². The fourth-order valence-corrected chi connectivity index (χ4v) is 5.63. The number of hydrogen-bond donors (Lipinski definition) is 3. The van der Waals surface area contributed by atoms with E-state index in [1.54, 1.807) is 4.90 Å². The SMILES string of the molecule is CC(C)OCCCNC(=O)C(NC(=O)C1Cc2c([nH]c3ccccc23)C2c3ccccc3C(=O)N12)C(C)C. The molecule has 3 unspecified atom stereocenters. The number of amides is 3. The number of rotatable bonds is 9. The Morgan fingerprint density at radius 3 is 2.58 bits per heavy atom. The van der Waals surface area contributed by atoms with Gasteiger partial charge in [-0.15, -0.1) is 0 Å². The summed E-state index contributed by atoms with van der Waals surface area (Å²) in [6, 6.07) is 13.7. The minimum absolute atomic E-state index is 0.125. The fourth-order valence-electron chi connectivity index (χ4n) is 5.63. The van der Waals surface area contributed by atoms with Crippen molar-refractivity contribution in [2.45, 2.75) is 64.8 Å². The summed E-state index contributed by atoms with van der Waals surface area (Å²) in [5, 5.41) is 6.98. The van der Waals surface area contributed by atoms with Crippen molar-refractivity contribution in [3.63, 3.8) is 0 Å². The first-order valence-electron chi connectivity index (χ1n) is 13.5. The van der Waals surface area contributed by atoms with Crippen LogP contribution in [0.3, 0.4) is 0 Å². The van der Waals surface area contributed by atoms with Crippen LogP contribution in [0.4, 0.5) is 0 Å². The fraction of sp³-hybridized carbons (Fsp3) is 0.433. The zero-order chi connectivity index (χ0) is 27.0. The Morgan fingerprint density at radius 2 is 1.82 bits per heavy atom. The Morgan fingerprint density at radius 1 is 1.08 bits per heavy atom. The van der Waals surface area contributed by atoms with E-state index in [2.05, 4.69) is 15.6 Å². The molecule has 8 heteroatoms. The Hall–Kier alpha value is -3.65. The van der Waals surface area contributed by atoms with E-state index in [0.29, 0.717) is 31.6 Å². The van der Waals surface area contributed by atoms with Crippen molar-refractivity contribution in [3.05, 3.63) is 70.9 Å². The first-order chi connectivity index (χ1) is 18.3. The van der Waals surface area contributed by atoms with E-state index in [0.717, 1.165) is 27.7 Å². The van der Waals surface area contributed by atoms with Gasteiger partial charge in [0.05, 0.1) is 12.1 Å². The molecule has 38 heavy (non-hydrogen) atoms. The van der Waals surface area contributed by atoms with Gasteiger partial charge in [0.25, 0.3) is 5.91 Å². The third-order valence-electron chi connectivity index (χ3n) is 7.47. The number of aromatic amines is 1. The Balaban J connectivity index is 1.40. The summed E-state index contributed by atoms with van der Waals surface area (Å²) < 4.78 is 5.54. The maximum atomic E-state index is 13.9. The van der Waals surface area contributed by atoms with Gasteiger partial charge in [-0.05, 0) is 49.4 Å². The number of nitrogens with zero attached hydrogens (tertiary/aromatic N) is 1. The lowest BCUT2D eigenvalue weighted by molar-refractivity contribution is -0.132. The van der Waals surface area contributed by atoms with Gasteiger partial charge in [0.1, 0.15) is 12.1 Å². The van der Waals surface area contributed by atoms with Crippen LogP contribution in [0.5, 0.6) is 0 Å². The first kappa shape index (κ1) is 26.0. The molecule has 2 aliphatic rings. The first-order valence-corrected chi connectivity index (χ1v) is 13.5. The zero-order valence-electron chi connectivity index (χ0n) is 22.4. The smallest absolute Gasteiger partial charge is 0.255 e. The van der Waals surface area contributed by atoms with Crippen molar-refractivity contribution in [2.24, 2.45) is 5.92 Å². The molecule has 0 saturated heterocycles. The molecule has 3 aromatic rings. The number of fused-ring (bicyclic) bond motifs is 7. The molecule has 200 valence electrons. The molecule has 3 heterocycles. The molecule has 0 bridgehead atoms. The lowest BCUT2D eigenvalue weighted by Crippen LogP contribution is -2.57. The molecule has 5 rings (SSSR count). The molecule has 3 N–H and O–H groups in total. The monoisotopic (exact) mass is 516 g/mol. The molecule has 3 amide bonds. The van der Waals surface area contributed by atoms with Crippen molar-refractivity contribution in [1.82, 2.24) is 20.5 Å². The molecular weight excluding hydrogens is 480 g/mol. The quantitative estimate of drug-likeness (QED) is 0.377. The number of aromatic nitrogens is 1. The Labute approximate surface area is 223 Å². The number of carbonyl (C=O) groups excluding carboxylic acids is 3. The van der Waals surface area contributed by atoms with Crippen molar-refractivity contribution in [3.8, 4) is 0 Å². The van der Waals surface area contributed by atoms with E-state index in [4.69, 9.17) is 4.74 Å². The number of ether oxygens (including phenoxy) is 1. The molecule has 3 atom stereocenters. The zero-order valence-corrected chi connectivity index (χ0v) is 22.4. The third kappa shape index (κ3) is 4.69. The summed E-state index contributed by atoms with van der Waals surface area (Å²) in [6.45, 7) is 8.79. The van der Waals surface area contributed by atoms with Gasteiger partial charge in [-0.3, -0.25) is 14.4 Å². The van der Waals surface area contributed by atoms with Gasteiger partial charge in [0.15, 0.2) is 0 Å². The molecule has 2 aromatic carbocycles. The van der Waals surface area contributed by atoms with Crippen molar-refractivity contribution >= 4 is 28.6 Å². The van der Waals surface area contributed by atoms with E-state index >= 15 is 0 Å². The van der Waals surface area contributed by atoms with E-state index in [-0.39, 0.29) is 35.8 Å². The number of H-pyrrole nitrogens is 1. The van der Waals surface area contributed by atoms with Gasteiger partial charge < -0.3 is 25.3 Å². The second-order valence-corrected chi connectivity index (χ2v) is 10.8. The van der Waals surface area contributed by atoms with Crippen LogP contribution < -0.4 is 10.6 Å². The van der Waals surface area contributed by atoms with Crippen molar-refractivity contribution in [1.29, 1.82) is 0 Å². The van der Waals surface area contributed by atoms with Crippen molar-refractivity contribution < 1.29 is 19.1 Å². The normalized spacial score (nSPS) is 18.9.